The van der Waals surface area contributed by atoms with Gasteiger partial charge in [0, 0.05) is 18.5 Å². The molecule has 4 aliphatic rings. The van der Waals surface area contributed by atoms with E-state index in [4.69, 9.17) is 4.74 Å². The number of hydrogen-bond acceptors (Lipinski definition) is 7. The molecule has 2 N–H and O–H groups in total. The number of nitrogens with one attached hydrogen (secondary N) is 2. The molecule has 4 atom stereocenters. The summed E-state index contributed by atoms with van der Waals surface area (Å²) in [6.45, 7) is 0.303. The summed E-state index contributed by atoms with van der Waals surface area (Å²) in [6, 6.07) is 4.61. The van der Waals surface area contributed by atoms with Crippen molar-refractivity contribution in [1.29, 1.82) is 0 Å². The SMILES string of the molecule is O=C1CCC(N2Cc3ccc(-n4cc(C(=O)N[C@@H]5CC[C@@H]6CCC[C@H]5O6)nn4)cc3C2=O)C(=O)N1. The van der Waals surface area contributed by atoms with Gasteiger partial charge in [-0.2, -0.15) is 0 Å². The lowest BCUT2D eigenvalue weighted by atomic mass is 9.88. The van der Waals surface area contributed by atoms with Gasteiger partial charge in [-0.05, 0) is 56.2 Å². The van der Waals surface area contributed by atoms with Gasteiger partial charge in [-0.3, -0.25) is 24.5 Å². The van der Waals surface area contributed by atoms with Crippen molar-refractivity contribution in [3.8, 4) is 5.69 Å². The van der Waals surface area contributed by atoms with Crippen LogP contribution in [0.25, 0.3) is 5.69 Å². The molecule has 1 aromatic carbocycles. The highest BCUT2D eigenvalue weighted by Crippen LogP contribution is 2.31. The molecule has 0 aliphatic carbocycles. The number of rotatable bonds is 4. The Labute approximate surface area is 201 Å². The van der Waals surface area contributed by atoms with Gasteiger partial charge in [0.25, 0.3) is 11.8 Å². The standard InChI is InChI=1S/C24H26N6O5/c31-21-9-8-19(23(33)26-21)29-11-13-4-5-14(10-16(13)24(29)34)30-12-18(27-28-30)22(32)25-17-7-6-15-2-1-3-20(17)35-15/h4-5,10,12,15,17,19-20H,1-3,6-9,11H2,(H,25,32)(H,26,31,33)/t15-,17+,19?,20+/m0/s1. The smallest absolute Gasteiger partial charge is 0.273 e. The number of hydrogen-bond donors (Lipinski definition) is 2. The summed E-state index contributed by atoms with van der Waals surface area (Å²) in [5.41, 5.74) is 2.05. The monoisotopic (exact) mass is 478 g/mol. The van der Waals surface area contributed by atoms with Gasteiger partial charge in [-0.25, -0.2) is 4.68 Å². The normalized spacial score (nSPS) is 28.0. The van der Waals surface area contributed by atoms with Crippen LogP contribution in [0.2, 0.25) is 0 Å². The van der Waals surface area contributed by atoms with Crippen molar-refractivity contribution in [2.75, 3.05) is 0 Å². The van der Waals surface area contributed by atoms with Crippen molar-refractivity contribution in [2.45, 2.75) is 75.8 Å². The molecule has 4 aliphatic heterocycles. The molecule has 11 nitrogen and oxygen atoms in total. The van der Waals surface area contributed by atoms with Gasteiger partial charge in [0.15, 0.2) is 5.69 Å². The summed E-state index contributed by atoms with van der Waals surface area (Å²) < 4.78 is 7.49. The van der Waals surface area contributed by atoms with Crippen LogP contribution in [0.3, 0.4) is 0 Å². The van der Waals surface area contributed by atoms with Crippen LogP contribution in [0.1, 0.15) is 71.4 Å². The lowest BCUT2D eigenvalue weighted by molar-refractivity contribution is -0.136. The zero-order valence-electron chi connectivity index (χ0n) is 19.1. The third-order valence-electron chi connectivity index (χ3n) is 7.45. The van der Waals surface area contributed by atoms with Gasteiger partial charge in [0.2, 0.25) is 11.8 Å². The highest BCUT2D eigenvalue weighted by atomic mass is 16.5. The number of carbonyl (C=O) groups excluding carboxylic acids is 4. The number of piperidine rings is 1. The lowest BCUT2D eigenvalue weighted by Crippen LogP contribution is -2.52. The Morgan fingerprint density at radius 2 is 2.00 bits per heavy atom. The summed E-state index contributed by atoms with van der Waals surface area (Å²) in [4.78, 5) is 51.1. The molecule has 3 fully saturated rings. The molecule has 0 radical (unpaired) electrons. The minimum absolute atomic E-state index is 0.0277. The first-order valence-corrected chi connectivity index (χ1v) is 12.1. The van der Waals surface area contributed by atoms with Crippen LogP contribution in [0.4, 0.5) is 0 Å². The molecule has 11 heteroatoms. The van der Waals surface area contributed by atoms with Gasteiger partial charge in [-0.15, -0.1) is 5.10 Å². The Morgan fingerprint density at radius 1 is 1.11 bits per heavy atom. The Balaban J connectivity index is 1.16. The van der Waals surface area contributed by atoms with E-state index in [0.717, 1.165) is 37.7 Å². The van der Waals surface area contributed by atoms with Gasteiger partial charge in [0.05, 0.1) is 30.1 Å². The van der Waals surface area contributed by atoms with E-state index < -0.39 is 11.9 Å². The molecule has 35 heavy (non-hydrogen) atoms. The quantitative estimate of drug-likeness (QED) is 0.622. The second kappa shape index (κ2) is 8.56. The molecule has 3 saturated heterocycles. The van der Waals surface area contributed by atoms with E-state index in [1.54, 1.807) is 18.3 Å². The van der Waals surface area contributed by atoms with E-state index in [-0.39, 0.29) is 42.0 Å². The molecule has 2 bridgehead atoms. The summed E-state index contributed by atoms with van der Waals surface area (Å²) in [5, 5.41) is 13.5. The van der Waals surface area contributed by atoms with Gasteiger partial charge in [0.1, 0.15) is 6.04 Å². The molecule has 1 aromatic heterocycles. The van der Waals surface area contributed by atoms with Crippen molar-refractivity contribution < 1.29 is 23.9 Å². The summed E-state index contributed by atoms with van der Waals surface area (Å²) >= 11 is 0. The first-order chi connectivity index (χ1) is 17.0. The fourth-order valence-electron chi connectivity index (χ4n) is 5.58. The fourth-order valence-corrected chi connectivity index (χ4v) is 5.58. The molecule has 182 valence electrons. The number of ether oxygens (including phenoxy) is 1. The second-order valence-electron chi connectivity index (χ2n) is 9.67. The van der Waals surface area contributed by atoms with Gasteiger partial charge < -0.3 is 15.0 Å². The minimum atomic E-state index is -0.666. The van der Waals surface area contributed by atoms with Crippen molar-refractivity contribution in [2.24, 2.45) is 0 Å². The lowest BCUT2D eigenvalue weighted by Gasteiger charge is -2.40. The van der Waals surface area contributed by atoms with E-state index >= 15 is 0 Å². The molecule has 6 rings (SSSR count). The van der Waals surface area contributed by atoms with Crippen LogP contribution in [0.15, 0.2) is 24.4 Å². The highest BCUT2D eigenvalue weighted by Gasteiger charge is 2.39. The van der Waals surface area contributed by atoms with Crippen molar-refractivity contribution in [3.63, 3.8) is 0 Å². The first kappa shape index (κ1) is 21.9. The number of carbonyl (C=O) groups is 4. The summed E-state index contributed by atoms with van der Waals surface area (Å²) in [5.74, 6) is -1.32. The van der Waals surface area contributed by atoms with Crippen molar-refractivity contribution in [3.05, 3.63) is 41.2 Å². The number of amides is 4. The highest BCUT2D eigenvalue weighted by molar-refractivity contribution is 6.05. The molecule has 4 amide bonds. The Hall–Kier alpha value is -3.60. The van der Waals surface area contributed by atoms with E-state index in [9.17, 15) is 19.2 Å². The Morgan fingerprint density at radius 3 is 2.86 bits per heavy atom. The number of nitrogens with zero attached hydrogens (tertiary/aromatic N) is 4. The third kappa shape index (κ3) is 3.99. The van der Waals surface area contributed by atoms with Crippen molar-refractivity contribution >= 4 is 23.6 Å². The second-order valence-corrected chi connectivity index (χ2v) is 9.67. The predicted molar refractivity (Wildman–Crippen MR) is 120 cm³/mol. The van der Waals surface area contributed by atoms with Crippen LogP contribution in [-0.4, -0.2) is 67.8 Å². The Bertz CT molecular complexity index is 1220. The van der Waals surface area contributed by atoms with Crippen LogP contribution in [0, 0.1) is 0 Å². The molecule has 0 spiro atoms. The first-order valence-electron chi connectivity index (χ1n) is 12.1. The van der Waals surface area contributed by atoms with Gasteiger partial charge in [-0.1, -0.05) is 11.3 Å². The third-order valence-corrected chi connectivity index (χ3v) is 7.45. The van der Waals surface area contributed by atoms with Crippen molar-refractivity contribution in [1.82, 2.24) is 30.5 Å². The average molecular weight is 479 g/mol. The van der Waals surface area contributed by atoms with E-state index in [1.165, 1.54) is 9.58 Å². The van der Waals surface area contributed by atoms with Crippen LogP contribution in [0.5, 0.6) is 0 Å². The zero-order chi connectivity index (χ0) is 24.1. The van der Waals surface area contributed by atoms with Gasteiger partial charge >= 0.3 is 0 Å². The van der Waals surface area contributed by atoms with E-state index in [1.807, 2.05) is 6.07 Å². The number of imide groups is 1. The van der Waals surface area contributed by atoms with E-state index in [2.05, 4.69) is 20.9 Å². The zero-order valence-corrected chi connectivity index (χ0v) is 19.1. The number of aromatic nitrogens is 3. The van der Waals surface area contributed by atoms with Crippen LogP contribution >= 0.6 is 0 Å². The predicted octanol–water partition coefficient (Wildman–Crippen LogP) is 0.858. The van der Waals surface area contributed by atoms with E-state index in [0.29, 0.717) is 30.3 Å². The minimum Gasteiger partial charge on any atom is -0.373 e. The molecule has 0 saturated carbocycles. The molecular formula is C24H26N6O5. The summed E-state index contributed by atoms with van der Waals surface area (Å²) in [7, 11) is 0. The maximum atomic E-state index is 13.1. The molecule has 1 unspecified atom stereocenters. The molecule has 2 aromatic rings. The summed E-state index contributed by atoms with van der Waals surface area (Å²) in [6.07, 6.45) is 7.45. The Kier molecular flexibility index (Phi) is 5.36. The van der Waals surface area contributed by atoms with Crippen LogP contribution < -0.4 is 10.6 Å². The fraction of sp³-hybridized carbons (Fsp3) is 0.500. The van der Waals surface area contributed by atoms with Crippen LogP contribution in [-0.2, 0) is 20.9 Å². The maximum absolute atomic E-state index is 13.1. The molecular weight excluding hydrogens is 452 g/mol. The average Bonchev–Trinajstić information content (AvgIpc) is 3.47. The maximum Gasteiger partial charge on any atom is 0.273 e. The molecule has 5 heterocycles. The largest absolute Gasteiger partial charge is 0.373 e. The topological polar surface area (TPSA) is 136 Å². The number of fused-ring (bicyclic) bond motifs is 3. The number of benzene rings is 1.